The van der Waals surface area contributed by atoms with Crippen molar-refractivity contribution < 1.29 is 0 Å². The Balaban J connectivity index is 2.05. The van der Waals surface area contributed by atoms with E-state index in [-0.39, 0.29) is 0 Å². The third-order valence-corrected chi connectivity index (χ3v) is 3.89. The fraction of sp³-hybridized carbons (Fsp3) is 0.438. The maximum atomic E-state index is 4.60. The van der Waals surface area contributed by atoms with E-state index in [1.165, 1.54) is 28.1 Å². The second kappa shape index (κ2) is 4.72. The van der Waals surface area contributed by atoms with Crippen LogP contribution in [0.25, 0.3) is 0 Å². The molecule has 0 amide bonds. The lowest BCUT2D eigenvalue weighted by molar-refractivity contribution is 0.481. The molecule has 3 rings (SSSR count). The predicted octanol–water partition coefficient (Wildman–Crippen LogP) is 3.47. The van der Waals surface area contributed by atoms with Crippen molar-refractivity contribution in [1.29, 1.82) is 0 Å². The standard InChI is InChI=1S/C16H21N3/c1-4-13-10-18-19-15(5-6-17-16(13)19)14-8-11(2)7-12(3)9-14/h7-10,15,17H,4-6H2,1-3H3. The maximum absolute atomic E-state index is 4.60. The highest BCUT2D eigenvalue weighted by Crippen LogP contribution is 2.32. The van der Waals surface area contributed by atoms with E-state index in [4.69, 9.17) is 0 Å². The zero-order chi connectivity index (χ0) is 13.4. The van der Waals surface area contributed by atoms with Gasteiger partial charge in [-0.3, -0.25) is 0 Å². The first kappa shape index (κ1) is 12.3. The van der Waals surface area contributed by atoms with Gasteiger partial charge in [-0.2, -0.15) is 5.10 Å². The highest BCUT2D eigenvalue weighted by Gasteiger charge is 2.24. The Hall–Kier alpha value is -1.77. The second-order valence-corrected chi connectivity index (χ2v) is 5.47. The fourth-order valence-electron chi connectivity index (χ4n) is 3.05. The Labute approximate surface area is 114 Å². The Morgan fingerprint density at radius 3 is 2.68 bits per heavy atom. The first-order valence-corrected chi connectivity index (χ1v) is 7.07. The molecule has 0 saturated heterocycles. The van der Waals surface area contributed by atoms with Gasteiger partial charge in [-0.1, -0.05) is 36.2 Å². The van der Waals surface area contributed by atoms with Crippen LogP contribution >= 0.6 is 0 Å². The fourth-order valence-corrected chi connectivity index (χ4v) is 3.05. The molecule has 100 valence electrons. The van der Waals surface area contributed by atoms with Gasteiger partial charge < -0.3 is 5.32 Å². The topological polar surface area (TPSA) is 29.9 Å². The van der Waals surface area contributed by atoms with Crippen molar-refractivity contribution >= 4 is 5.82 Å². The molecule has 2 aromatic rings. The number of rotatable bonds is 2. The van der Waals surface area contributed by atoms with Crippen LogP contribution in [0.3, 0.4) is 0 Å². The lowest BCUT2D eigenvalue weighted by Gasteiger charge is -2.27. The molecule has 0 bridgehead atoms. The summed E-state index contributed by atoms with van der Waals surface area (Å²) in [6.45, 7) is 7.54. The van der Waals surface area contributed by atoms with Crippen LogP contribution in [0.1, 0.15) is 41.6 Å². The number of hydrogen-bond donors (Lipinski definition) is 1. The Morgan fingerprint density at radius 2 is 2.00 bits per heavy atom. The summed E-state index contributed by atoms with van der Waals surface area (Å²) in [7, 11) is 0. The number of fused-ring (bicyclic) bond motifs is 1. The number of nitrogens with zero attached hydrogens (tertiary/aromatic N) is 2. The van der Waals surface area contributed by atoms with Crippen LogP contribution in [0.2, 0.25) is 0 Å². The molecule has 3 heteroatoms. The van der Waals surface area contributed by atoms with Crippen molar-refractivity contribution in [1.82, 2.24) is 9.78 Å². The number of aryl methyl sites for hydroxylation is 3. The molecule has 1 aliphatic heterocycles. The average Bonchev–Trinajstić information content (AvgIpc) is 2.80. The van der Waals surface area contributed by atoms with Gasteiger partial charge in [0, 0.05) is 12.1 Å². The van der Waals surface area contributed by atoms with Crippen LogP contribution in [0.5, 0.6) is 0 Å². The van der Waals surface area contributed by atoms with Gasteiger partial charge in [-0.15, -0.1) is 0 Å². The van der Waals surface area contributed by atoms with Gasteiger partial charge in [0.05, 0.1) is 12.2 Å². The SMILES string of the molecule is CCc1cnn2c1NCCC2c1cc(C)cc(C)c1. The Morgan fingerprint density at radius 1 is 1.26 bits per heavy atom. The van der Waals surface area contributed by atoms with Crippen LogP contribution in [0, 0.1) is 13.8 Å². The molecule has 0 radical (unpaired) electrons. The van der Waals surface area contributed by atoms with Gasteiger partial charge in [0.25, 0.3) is 0 Å². The van der Waals surface area contributed by atoms with E-state index in [0.717, 1.165) is 19.4 Å². The van der Waals surface area contributed by atoms with Gasteiger partial charge in [0.15, 0.2) is 0 Å². The highest BCUT2D eigenvalue weighted by molar-refractivity contribution is 5.47. The molecule has 0 saturated carbocycles. The van der Waals surface area contributed by atoms with Crippen molar-refractivity contribution in [3.63, 3.8) is 0 Å². The van der Waals surface area contributed by atoms with E-state index in [1.807, 2.05) is 6.20 Å². The second-order valence-electron chi connectivity index (χ2n) is 5.47. The van der Waals surface area contributed by atoms with Gasteiger partial charge >= 0.3 is 0 Å². The molecule has 1 N–H and O–H groups in total. The molecule has 0 spiro atoms. The highest BCUT2D eigenvalue weighted by atomic mass is 15.4. The van der Waals surface area contributed by atoms with Crippen molar-refractivity contribution in [2.75, 3.05) is 11.9 Å². The molecule has 3 nitrogen and oxygen atoms in total. The number of anilines is 1. The van der Waals surface area contributed by atoms with E-state index in [2.05, 4.69) is 54.1 Å². The van der Waals surface area contributed by atoms with Crippen LogP contribution in [-0.2, 0) is 6.42 Å². The molecule has 1 aliphatic rings. The van der Waals surface area contributed by atoms with E-state index < -0.39 is 0 Å². The number of hydrogen-bond acceptors (Lipinski definition) is 2. The minimum absolute atomic E-state index is 0.371. The summed E-state index contributed by atoms with van der Waals surface area (Å²) in [5, 5.41) is 8.09. The van der Waals surface area contributed by atoms with Crippen molar-refractivity contribution in [2.45, 2.75) is 39.7 Å². The average molecular weight is 255 g/mol. The molecule has 1 unspecified atom stereocenters. The largest absolute Gasteiger partial charge is 0.370 e. The van der Waals surface area contributed by atoms with E-state index in [0.29, 0.717) is 6.04 Å². The number of aromatic nitrogens is 2. The monoisotopic (exact) mass is 255 g/mol. The molecule has 19 heavy (non-hydrogen) atoms. The molecular weight excluding hydrogens is 234 g/mol. The van der Waals surface area contributed by atoms with Gasteiger partial charge in [-0.25, -0.2) is 4.68 Å². The first-order chi connectivity index (χ1) is 9.19. The minimum atomic E-state index is 0.371. The summed E-state index contributed by atoms with van der Waals surface area (Å²) in [6, 6.07) is 7.18. The van der Waals surface area contributed by atoms with E-state index in [1.54, 1.807) is 0 Å². The molecule has 1 aromatic heterocycles. The van der Waals surface area contributed by atoms with Gasteiger partial charge in [-0.05, 0) is 32.3 Å². The summed E-state index contributed by atoms with van der Waals surface area (Å²) in [5.41, 5.74) is 5.36. The first-order valence-electron chi connectivity index (χ1n) is 7.07. The normalized spacial score (nSPS) is 17.9. The predicted molar refractivity (Wildman–Crippen MR) is 78.8 cm³/mol. The zero-order valence-corrected chi connectivity index (χ0v) is 11.9. The summed E-state index contributed by atoms with van der Waals surface area (Å²) in [4.78, 5) is 0. The Bertz CT molecular complexity index is 578. The third kappa shape index (κ3) is 2.14. The summed E-state index contributed by atoms with van der Waals surface area (Å²) < 4.78 is 2.16. The molecular formula is C16H21N3. The van der Waals surface area contributed by atoms with Crippen molar-refractivity contribution in [3.05, 3.63) is 46.6 Å². The van der Waals surface area contributed by atoms with Crippen molar-refractivity contribution in [3.8, 4) is 0 Å². The molecule has 0 fully saturated rings. The van der Waals surface area contributed by atoms with Gasteiger partial charge in [0.2, 0.25) is 0 Å². The minimum Gasteiger partial charge on any atom is -0.370 e. The molecule has 2 heterocycles. The summed E-state index contributed by atoms with van der Waals surface area (Å²) in [5.74, 6) is 1.21. The van der Waals surface area contributed by atoms with Crippen LogP contribution < -0.4 is 5.32 Å². The zero-order valence-electron chi connectivity index (χ0n) is 11.9. The number of benzene rings is 1. The molecule has 1 atom stereocenters. The van der Waals surface area contributed by atoms with Crippen LogP contribution in [0.4, 0.5) is 5.82 Å². The smallest absolute Gasteiger partial charge is 0.128 e. The van der Waals surface area contributed by atoms with Crippen molar-refractivity contribution in [2.24, 2.45) is 0 Å². The summed E-state index contributed by atoms with van der Waals surface area (Å²) >= 11 is 0. The van der Waals surface area contributed by atoms with Crippen LogP contribution in [0.15, 0.2) is 24.4 Å². The van der Waals surface area contributed by atoms with Gasteiger partial charge in [0.1, 0.15) is 5.82 Å². The lowest BCUT2D eigenvalue weighted by Crippen LogP contribution is -2.25. The molecule has 0 aliphatic carbocycles. The Kier molecular flexibility index (Phi) is 3.05. The third-order valence-electron chi connectivity index (χ3n) is 3.89. The maximum Gasteiger partial charge on any atom is 0.128 e. The van der Waals surface area contributed by atoms with Crippen LogP contribution in [-0.4, -0.2) is 16.3 Å². The van der Waals surface area contributed by atoms with E-state index in [9.17, 15) is 0 Å². The lowest BCUT2D eigenvalue weighted by atomic mass is 9.98. The van der Waals surface area contributed by atoms with E-state index >= 15 is 0 Å². The summed E-state index contributed by atoms with van der Waals surface area (Å²) in [6.07, 6.45) is 4.13. The quantitative estimate of drug-likeness (QED) is 0.890. The molecule has 1 aromatic carbocycles. The number of nitrogens with one attached hydrogen (secondary N) is 1.